The molecule has 2 heterocycles. The van der Waals surface area contributed by atoms with E-state index in [4.69, 9.17) is 0 Å². The van der Waals surface area contributed by atoms with Gasteiger partial charge in [0.1, 0.15) is 0 Å². The van der Waals surface area contributed by atoms with Gasteiger partial charge in [-0.05, 0) is 61.4 Å². The van der Waals surface area contributed by atoms with Crippen molar-refractivity contribution in [3.05, 3.63) is 36.0 Å². The number of piperidine rings is 1. The summed E-state index contributed by atoms with van der Waals surface area (Å²) in [4.78, 5) is 0. The van der Waals surface area contributed by atoms with Crippen molar-refractivity contribution in [1.82, 2.24) is 9.88 Å². The Labute approximate surface area is 103 Å². The Bertz CT molecular complexity index is 507. The van der Waals surface area contributed by atoms with Gasteiger partial charge >= 0.3 is 0 Å². The van der Waals surface area contributed by atoms with Crippen LogP contribution in [-0.4, -0.2) is 17.7 Å². The fourth-order valence-electron chi connectivity index (χ4n) is 2.85. The molecule has 0 saturated carbocycles. The fourth-order valence-corrected chi connectivity index (χ4v) is 2.85. The largest absolute Gasteiger partial charge is 0.351 e. The summed E-state index contributed by atoms with van der Waals surface area (Å²) in [7, 11) is 2.12. The number of aryl methyl sites for hydroxylation is 1. The van der Waals surface area contributed by atoms with Gasteiger partial charge < -0.3 is 9.88 Å². The molecule has 0 aliphatic carbocycles. The van der Waals surface area contributed by atoms with Crippen molar-refractivity contribution in [1.29, 1.82) is 0 Å². The number of aromatic nitrogens is 1. The maximum Gasteiger partial charge on any atom is 0.0480 e. The number of benzene rings is 1. The van der Waals surface area contributed by atoms with Gasteiger partial charge in [0.15, 0.2) is 0 Å². The molecule has 1 aromatic heterocycles. The van der Waals surface area contributed by atoms with E-state index in [9.17, 15) is 0 Å². The molecule has 2 aromatic rings. The minimum absolute atomic E-state index is 0.869. The number of rotatable bonds is 2. The van der Waals surface area contributed by atoms with E-state index >= 15 is 0 Å². The van der Waals surface area contributed by atoms with Gasteiger partial charge in [-0.1, -0.05) is 12.1 Å². The third-order valence-electron chi connectivity index (χ3n) is 3.94. The zero-order chi connectivity index (χ0) is 11.7. The van der Waals surface area contributed by atoms with E-state index in [2.05, 4.69) is 47.4 Å². The van der Waals surface area contributed by atoms with E-state index in [0.717, 1.165) is 5.92 Å². The average Bonchev–Trinajstić information content (AvgIpc) is 2.73. The highest BCUT2D eigenvalue weighted by atomic mass is 14.9. The molecule has 2 heteroatoms. The van der Waals surface area contributed by atoms with Gasteiger partial charge in [-0.2, -0.15) is 0 Å². The second kappa shape index (κ2) is 4.53. The summed E-state index contributed by atoms with van der Waals surface area (Å²) in [5.41, 5.74) is 2.85. The van der Waals surface area contributed by atoms with Gasteiger partial charge in [0, 0.05) is 18.8 Å². The number of hydrogen-bond donors (Lipinski definition) is 1. The molecule has 1 saturated heterocycles. The normalized spacial score (nSPS) is 17.7. The quantitative estimate of drug-likeness (QED) is 0.836. The molecule has 0 spiro atoms. The SMILES string of the molecule is Cn1ccc2ccc(CC3CCNCC3)cc21. The summed E-state index contributed by atoms with van der Waals surface area (Å²) < 4.78 is 2.21. The van der Waals surface area contributed by atoms with Gasteiger partial charge in [-0.25, -0.2) is 0 Å². The Balaban J connectivity index is 1.82. The Hall–Kier alpha value is -1.28. The van der Waals surface area contributed by atoms with Crippen LogP contribution < -0.4 is 5.32 Å². The molecule has 1 N–H and O–H groups in total. The number of nitrogens with zero attached hydrogens (tertiary/aromatic N) is 1. The summed E-state index contributed by atoms with van der Waals surface area (Å²) >= 11 is 0. The number of fused-ring (bicyclic) bond motifs is 1. The molecule has 1 aliphatic heterocycles. The van der Waals surface area contributed by atoms with Crippen LogP contribution >= 0.6 is 0 Å². The van der Waals surface area contributed by atoms with Crippen LogP contribution in [0, 0.1) is 5.92 Å². The van der Waals surface area contributed by atoms with Crippen LogP contribution in [-0.2, 0) is 13.5 Å². The molecule has 90 valence electrons. The molecule has 1 fully saturated rings. The highest BCUT2D eigenvalue weighted by Crippen LogP contribution is 2.22. The maximum absolute atomic E-state index is 3.43. The first kappa shape index (κ1) is 10.8. The lowest BCUT2D eigenvalue weighted by atomic mass is 9.91. The molecule has 0 unspecified atom stereocenters. The summed E-state index contributed by atoms with van der Waals surface area (Å²) in [6, 6.07) is 9.09. The van der Waals surface area contributed by atoms with Crippen molar-refractivity contribution in [3.8, 4) is 0 Å². The highest BCUT2D eigenvalue weighted by molar-refractivity contribution is 5.80. The van der Waals surface area contributed by atoms with Gasteiger partial charge in [0.2, 0.25) is 0 Å². The number of hydrogen-bond acceptors (Lipinski definition) is 1. The Morgan fingerprint density at radius 1 is 1.24 bits per heavy atom. The average molecular weight is 228 g/mol. The maximum atomic E-state index is 3.43. The molecule has 2 nitrogen and oxygen atoms in total. The van der Waals surface area contributed by atoms with E-state index < -0.39 is 0 Å². The van der Waals surface area contributed by atoms with Crippen molar-refractivity contribution in [3.63, 3.8) is 0 Å². The zero-order valence-electron chi connectivity index (χ0n) is 10.4. The molecule has 0 radical (unpaired) electrons. The smallest absolute Gasteiger partial charge is 0.0480 e. The first-order valence-electron chi connectivity index (χ1n) is 6.57. The summed E-state index contributed by atoms with van der Waals surface area (Å²) in [5, 5.41) is 4.78. The van der Waals surface area contributed by atoms with Gasteiger partial charge in [-0.15, -0.1) is 0 Å². The predicted molar refractivity (Wildman–Crippen MR) is 72.2 cm³/mol. The fraction of sp³-hybridized carbons (Fsp3) is 0.467. The lowest BCUT2D eigenvalue weighted by molar-refractivity contribution is 0.373. The van der Waals surface area contributed by atoms with Gasteiger partial charge in [0.05, 0.1) is 0 Å². The Kier molecular flexibility index (Phi) is 2.89. The predicted octanol–water partition coefficient (Wildman–Crippen LogP) is 2.72. The second-order valence-electron chi connectivity index (χ2n) is 5.22. The monoisotopic (exact) mass is 228 g/mol. The molecular formula is C15H20N2. The van der Waals surface area contributed by atoms with E-state index in [-0.39, 0.29) is 0 Å². The zero-order valence-corrected chi connectivity index (χ0v) is 10.4. The summed E-state index contributed by atoms with van der Waals surface area (Å²) in [6.07, 6.45) is 6.03. The molecule has 1 aromatic carbocycles. The van der Waals surface area contributed by atoms with Crippen LogP contribution in [0.25, 0.3) is 10.9 Å². The lowest BCUT2D eigenvalue weighted by Gasteiger charge is -2.22. The second-order valence-corrected chi connectivity index (χ2v) is 5.22. The Morgan fingerprint density at radius 3 is 2.88 bits per heavy atom. The summed E-state index contributed by atoms with van der Waals surface area (Å²) in [5.74, 6) is 0.869. The van der Waals surface area contributed by atoms with Crippen molar-refractivity contribution in [2.45, 2.75) is 19.3 Å². The first-order valence-corrected chi connectivity index (χ1v) is 6.57. The van der Waals surface area contributed by atoms with Crippen LogP contribution in [0.1, 0.15) is 18.4 Å². The van der Waals surface area contributed by atoms with Crippen molar-refractivity contribution in [2.24, 2.45) is 13.0 Å². The van der Waals surface area contributed by atoms with Crippen LogP contribution in [0.4, 0.5) is 0 Å². The molecule has 1 aliphatic rings. The van der Waals surface area contributed by atoms with Crippen molar-refractivity contribution < 1.29 is 0 Å². The van der Waals surface area contributed by atoms with Gasteiger partial charge in [0.25, 0.3) is 0 Å². The topological polar surface area (TPSA) is 17.0 Å². The minimum atomic E-state index is 0.869. The molecular weight excluding hydrogens is 208 g/mol. The highest BCUT2D eigenvalue weighted by Gasteiger charge is 2.13. The minimum Gasteiger partial charge on any atom is -0.351 e. The first-order chi connectivity index (χ1) is 8.33. The van der Waals surface area contributed by atoms with Crippen LogP contribution in [0.5, 0.6) is 0 Å². The molecule has 0 atom stereocenters. The standard InChI is InChI=1S/C15H20N2/c1-17-9-6-14-3-2-13(11-15(14)17)10-12-4-7-16-8-5-12/h2-3,6,9,11-12,16H,4-5,7-8,10H2,1H3. The lowest BCUT2D eigenvalue weighted by Crippen LogP contribution is -2.28. The molecule has 3 rings (SSSR count). The van der Waals surface area contributed by atoms with E-state index in [0.29, 0.717) is 0 Å². The number of nitrogens with one attached hydrogen (secondary N) is 1. The molecule has 17 heavy (non-hydrogen) atoms. The van der Waals surface area contributed by atoms with E-state index in [1.54, 1.807) is 0 Å². The van der Waals surface area contributed by atoms with Gasteiger partial charge in [-0.3, -0.25) is 0 Å². The van der Waals surface area contributed by atoms with Crippen molar-refractivity contribution >= 4 is 10.9 Å². The molecule has 0 amide bonds. The Morgan fingerprint density at radius 2 is 2.06 bits per heavy atom. The van der Waals surface area contributed by atoms with E-state index in [1.165, 1.54) is 48.8 Å². The summed E-state index contributed by atoms with van der Waals surface area (Å²) in [6.45, 7) is 2.38. The third kappa shape index (κ3) is 2.22. The third-order valence-corrected chi connectivity index (χ3v) is 3.94. The van der Waals surface area contributed by atoms with Crippen LogP contribution in [0.2, 0.25) is 0 Å². The molecule has 0 bridgehead atoms. The van der Waals surface area contributed by atoms with Crippen molar-refractivity contribution in [2.75, 3.05) is 13.1 Å². The van der Waals surface area contributed by atoms with E-state index in [1.807, 2.05) is 0 Å². The van der Waals surface area contributed by atoms with Crippen LogP contribution in [0.15, 0.2) is 30.5 Å². The van der Waals surface area contributed by atoms with Crippen LogP contribution in [0.3, 0.4) is 0 Å².